The maximum atomic E-state index is 6.12. The Bertz CT molecular complexity index is 1070. The van der Waals surface area contributed by atoms with Crippen LogP contribution >= 0.6 is 63.7 Å². The van der Waals surface area contributed by atoms with Gasteiger partial charge < -0.3 is 5.73 Å². The van der Waals surface area contributed by atoms with Gasteiger partial charge in [-0.3, -0.25) is 0 Å². The first-order valence-electron chi connectivity index (χ1n) is 6.71. The fourth-order valence-corrected chi connectivity index (χ4v) is 5.01. The zero-order valence-corrected chi connectivity index (χ0v) is 18.1. The molecule has 2 heterocycles. The highest BCUT2D eigenvalue weighted by Gasteiger charge is 2.29. The monoisotopic (exact) mass is 573 g/mol. The van der Waals surface area contributed by atoms with Crippen molar-refractivity contribution in [3.05, 3.63) is 59.5 Å². The fourth-order valence-electron chi connectivity index (χ4n) is 2.51. The van der Waals surface area contributed by atoms with E-state index in [1.165, 1.54) is 0 Å². The lowest BCUT2D eigenvalue weighted by atomic mass is 10.1. The predicted octanol–water partition coefficient (Wildman–Crippen LogP) is 5.02. The van der Waals surface area contributed by atoms with E-state index in [0.29, 0.717) is 11.7 Å². The molecule has 5 nitrogen and oxygen atoms in total. The van der Waals surface area contributed by atoms with Gasteiger partial charge in [0.2, 0.25) is 0 Å². The third-order valence-corrected chi connectivity index (χ3v) is 8.39. The molecule has 1 aliphatic rings. The van der Waals surface area contributed by atoms with Crippen LogP contribution in [0.2, 0.25) is 0 Å². The van der Waals surface area contributed by atoms with Gasteiger partial charge in [0.15, 0.2) is 5.84 Å². The van der Waals surface area contributed by atoms with Crippen LogP contribution in [0.3, 0.4) is 0 Å². The second-order valence-corrected chi connectivity index (χ2v) is 8.19. The highest BCUT2D eigenvalue weighted by atomic mass is 79.9. The average molecular weight is 577 g/mol. The van der Waals surface area contributed by atoms with Crippen LogP contribution in [0.15, 0.2) is 58.4 Å². The molecule has 0 fully saturated rings. The van der Waals surface area contributed by atoms with Gasteiger partial charge in [0, 0.05) is 34.4 Å². The smallest absolute Gasteiger partial charge is 0.185 e. The SMILES string of the molecule is NC1=NC(=Nn2ncc3ccccc32)c2c(Br)c(Br)c(Br)c(Br)c21. The Labute approximate surface area is 170 Å². The number of para-hydroxylation sites is 1. The number of aliphatic imine (C=N–C) groups is 1. The molecule has 0 aliphatic carbocycles. The molecule has 120 valence electrons. The maximum absolute atomic E-state index is 6.12. The number of fused-ring (bicyclic) bond motifs is 2. The molecule has 3 aromatic rings. The molecule has 0 saturated carbocycles. The molecule has 0 unspecified atom stereocenters. The summed E-state index contributed by atoms with van der Waals surface area (Å²) in [6, 6.07) is 7.85. The van der Waals surface area contributed by atoms with E-state index in [1.54, 1.807) is 11.0 Å². The number of amidine groups is 2. The van der Waals surface area contributed by atoms with E-state index in [9.17, 15) is 0 Å². The number of aromatic nitrogens is 2. The molecule has 0 atom stereocenters. The molecule has 0 radical (unpaired) electrons. The summed E-state index contributed by atoms with van der Waals surface area (Å²) in [5.74, 6) is 0.901. The second kappa shape index (κ2) is 6.05. The Kier molecular flexibility index (Phi) is 4.14. The topological polar surface area (TPSA) is 68.6 Å². The van der Waals surface area contributed by atoms with E-state index in [2.05, 4.69) is 78.9 Å². The van der Waals surface area contributed by atoms with E-state index in [1.807, 2.05) is 24.3 Å². The van der Waals surface area contributed by atoms with Gasteiger partial charge >= 0.3 is 0 Å². The van der Waals surface area contributed by atoms with Gasteiger partial charge in [0.1, 0.15) is 5.84 Å². The van der Waals surface area contributed by atoms with Gasteiger partial charge in [-0.1, -0.05) is 18.2 Å². The van der Waals surface area contributed by atoms with Crippen LogP contribution in [-0.4, -0.2) is 21.6 Å². The van der Waals surface area contributed by atoms with Crippen molar-refractivity contribution in [1.29, 1.82) is 0 Å². The molecule has 0 spiro atoms. The number of benzene rings is 2. The quantitative estimate of drug-likeness (QED) is 0.327. The van der Waals surface area contributed by atoms with E-state index in [4.69, 9.17) is 5.73 Å². The minimum absolute atomic E-state index is 0.404. The molecule has 1 aliphatic heterocycles. The first-order chi connectivity index (χ1) is 11.5. The van der Waals surface area contributed by atoms with E-state index < -0.39 is 0 Å². The van der Waals surface area contributed by atoms with Crippen LogP contribution in [0.25, 0.3) is 10.9 Å². The largest absolute Gasteiger partial charge is 0.383 e. The molecule has 0 amide bonds. The first-order valence-corrected chi connectivity index (χ1v) is 9.89. The van der Waals surface area contributed by atoms with Crippen LogP contribution in [0, 0.1) is 0 Å². The van der Waals surface area contributed by atoms with Crippen molar-refractivity contribution in [2.24, 2.45) is 15.8 Å². The van der Waals surface area contributed by atoms with E-state index in [0.717, 1.165) is 39.9 Å². The minimum Gasteiger partial charge on any atom is -0.383 e. The van der Waals surface area contributed by atoms with Gasteiger partial charge in [-0.05, 0) is 69.8 Å². The molecular weight excluding hydrogens is 570 g/mol. The van der Waals surface area contributed by atoms with Crippen molar-refractivity contribution < 1.29 is 0 Å². The number of halogens is 4. The summed E-state index contributed by atoms with van der Waals surface area (Å²) < 4.78 is 3.37. The van der Waals surface area contributed by atoms with Crippen LogP contribution in [0.4, 0.5) is 0 Å². The standard InChI is InChI=1S/C15H7Br4N5/c16-10-8-9(11(17)13(19)12(10)18)15(22-14(8)20)23-24-7-4-2-1-3-6(7)5-21-24/h1-5H,(H2,20,22,23). The molecule has 24 heavy (non-hydrogen) atoms. The van der Waals surface area contributed by atoms with Gasteiger partial charge in [-0.25, -0.2) is 4.99 Å². The van der Waals surface area contributed by atoms with Crippen molar-refractivity contribution in [2.45, 2.75) is 0 Å². The molecule has 4 rings (SSSR count). The van der Waals surface area contributed by atoms with Crippen LogP contribution in [-0.2, 0) is 0 Å². The molecule has 0 saturated heterocycles. The Balaban J connectivity index is 1.98. The Hall–Kier alpha value is -1.03. The van der Waals surface area contributed by atoms with Gasteiger partial charge in [-0.2, -0.15) is 5.10 Å². The second-order valence-electron chi connectivity index (χ2n) is 5.02. The Morgan fingerprint density at radius 1 is 0.917 bits per heavy atom. The van der Waals surface area contributed by atoms with Crippen molar-refractivity contribution in [3.8, 4) is 0 Å². The molecule has 1 aromatic heterocycles. The lowest BCUT2D eigenvalue weighted by Gasteiger charge is -2.11. The highest BCUT2D eigenvalue weighted by molar-refractivity contribution is 9.15. The van der Waals surface area contributed by atoms with Crippen molar-refractivity contribution >= 4 is 86.3 Å². The minimum atomic E-state index is 0.404. The molecule has 2 aromatic carbocycles. The fraction of sp³-hybridized carbons (Fsp3) is 0. The zero-order valence-electron chi connectivity index (χ0n) is 11.8. The Morgan fingerprint density at radius 3 is 2.33 bits per heavy atom. The summed E-state index contributed by atoms with van der Waals surface area (Å²) in [5, 5.41) is 9.91. The van der Waals surface area contributed by atoms with E-state index in [-0.39, 0.29) is 0 Å². The maximum Gasteiger partial charge on any atom is 0.185 e. The summed E-state index contributed by atoms with van der Waals surface area (Å²) in [7, 11) is 0. The number of nitrogens with two attached hydrogens (primary N) is 1. The van der Waals surface area contributed by atoms with Crippen molar-refractivity contribution in [3.63, 3.8) is 0 Å². The summed E-state index contributed by atoms with van der Waals surface area (Å²) in [6.45, 7) is 0. The van der Waals surface area contributed by atoms with Crippen molar-refractivity contribution in [2.75, 3.05) is 0 Å². The number of hydrogen-bond donors (Lipinski definition) is 1. The molecule has 2 N–H and O–H groups in total. The average Bonchev–Trinajstić information content (AvgIpc) is 3.13. The Morgan fingerprint density at radius 2 is 1.58 bits per heavy atom. The third-order valence-electron chi connectivity index (χ3n) is 3.62. The lowest BCUT2D eigenvalue weighted by Crippen LogP contribution is -2.12. The normalized spacial score (nSPS) is 15.2. The summed E-state index contributed by atoms with van der Waals surface area (Å²) in [5.41, 5.74) is 8.63. The highest BCUT2D eigenvalue weighted by Crippen LogP contribution is 2.44. The number of nitrogens with zero attached hydrogens (tertiary/aromatic N) is 4. The van der Waals surface area contributed by atoms with Crippen LogP contribution in [0.5, 0.6) is 0 Å². The van der Waals surface area contributed by atoms with Crippen LogP contribution in [0.1, 0.15) is 11.1 Å². The zero-order chi connectivity index (χ0) is 17.0. The van der Waals surface area contributed by atoms with Crippen LogP contribution < -0.4 is 5.73 Å². The third kappa shape index (κ3) is 2.40. The van der Waals surface area contributed by atoms with Gasteiger partial charge in [0.25, 0.3) is 0 Å². The number of hydrogen-bond acceptors (Lipinski definition) is 3. The molecule has 0 bridgehead atoms. The van der Waals surface area contributed by atoms with Gasteiger partial charge in [0.05, 0.1) is 11.7 Å². The lowest BCUT2D eigenvalue weighted by molar-refractivity contribution is 0.768. The predicted molar refractivity (Wildman–Crippen MR) is 110 cm³/mol. The summed E-state index contributed by atoms with van der Waals surface area (Å²) in [6.07, 6.45) is 1.77. The first kappa shape index (κ1) is 16.4. The number of rotatable bonds is 1. The van der Waals surface area contributed by atoms with E-state index >= 15 is 0 Å². The molecular formula is C15H7Br4N5. The van der Waals surface area contributed by atoms with Gasteiger partial charge in [-0.15, -0.1) is 9.89 Å². The molecule has 9 heteroatoms. The van der Waals surface area contributed by atoms with Crippen molar-refractivity contribution in [1.82, 2.24) is 9.89 Å². The summed E-state index contributed by atoms with van der Waals surface area (Å²) >= 11 is 14.3. The summed E-state index contributed by atoms with van der Waals surface area (Å²) in [4.78, 5) is 5.99.